The summed E-state index contributed by atoms with van der Waals surface area (Å²) in [6, 6.07) is 32.3. The van der Waals surface area contributed by atoms with Gasteiger partial charge in [-0.15, -0.1) is 0 Å². The summed E-state index contributed by atoms with van der Waals surface area (Å²) in [5.74, 6) is 0. The van der Waals surface area contributed by atoms with Gasteiger partial charge in [-0.2, -0.15) is 0 Å². The minimum Gasteiger partial charge on any atom is -1.00 e. The predicted molar refractivity (Wildman–Crippen MR) is 85.1 cm³/mol. The van der Waals surface area contributed by atoms with Crippen LogP contribution in [0.3, 0.4) is 0 Å². The average Bonchev–Trinajstić information content (AvgIpc) is 2.51. The van der Waals surface area contributed by atoms with Gasteiger partial charge in [0.2, 0.25) is 0 Å². The van der Waals surface area contributed by atoms with Gasteiger partial charge < -0.3 is 48.0 Å². The molecule has 0 unspecified atom stereocenters. The number of hydrogen-bond acceptors (Lipinski definition) is 0. The monoisotopic (exact) mass is 516 g/mol. The van der Waals surface area contributed by atoms with Crippen LogP contribution in [0.5, 0.6) is 0 Å². The first kappa shape index (κ1) is 18.6. The van der Waals surface area contributed by atoms with Gasteiger partial charge in [-0.1, -0.05) is 91.0 Å². The molecule has 0 amide bonds. The van der Waals surface area contributed by atoms with Gasteiger partial charge in [0.1, 0.15) is 0 Å². The highest BCUT2D eigenvalue weighted by Gasteiger charge is 2.14. The Labute approximate surface area is 161 Å². The molecule has 0 saturated heterocycles. The molecule has 0 heterocycles. The average molecular weight is 516 g/mol. The number of halogens is 2. The molecule has 0 aliphatic heterocycles. The third-order valence-electron chi connectivity index (χ3n) is 3.04. The van der Waals surface area contributed by atoms with Crippen molar-refractivity contribution in [3.05, 3.63) is 91.0 Å². The topological polar surface area (TPSA) is 0 Å². The number of benzene rings is 3. The fourth-order valence-electron chi connectivity index (χ4n) is 2.18. The van der Waals surface area contributed by atoms with Crippen molar-refractivity contribution in [1.29, 1.82) is 0 Å². The zero-order valence-electron chi connectivity index (χ0n) is 11.4. The van der Waals surface area contributed by atoms with Gasteiger partial charge in [0.15, 0.2) is 0 Å². The van der Waals surface area contributed by atoms with Crippen LogP contribution in [0.15, 0.2) is 91.0 Å². The van der Waals surface area contributed by atoms with E-state index in [0.717, 1.165) is 0 Å². The first-order chi connectivity index (χ1) is 9.45. The minimum absolute atomic E-state index is 0. The van der Waals surface area contributed by atoms with E-state index < -0.39 is 7.92 Å². The van der Waals surface area contributed by atoms with Crippen molar-refractivity contribution in [3.8, 4) is 0 Å². The van der Waals surface area contributed by atoms with Crippen LogP contribution < -0.4 is 63.9 Å². The Bertz CT molecular complexity index is 533. The lowest BCUT2D eigenvalue weighted by atomic mass is 10.4. The Hall–Kier alpha value is -0.450. The fraction of sp³-hybridized carbons (Fsp3) is 0. The SMILES string of the molecule is [I-].[I-].c1ccc(P(c2ccccc2)c2ccccc2)cc1. The van der Waals surface area contributed by atoms with Crippen LogP contribution in [0.25, 0.3) is 0 Å². The molecule has 0 spiro atoms. The van der Waals surface area contributed by atoms with Crippen LogP contribution >= 0.6 is 7.92 Å². The van der Waals surface area contributed by atoms with Gasteiger partial charge in [-0.3, -0.25) is 0 Å². The largest absolute Gasteiger partial charge is 1.00 e. The molecular weight excluding hydrogens is 501 g/mol. The molecule has 108 valence electrons. The highest BCUT2D eigenvalue weighted by Crippen LogP contribution is 2.32. The third-order valence-corrected chi connectivity index (χ3v) is 5.49. The number of hydrogen-bond donors (Lipinski definition) is 0. The lowest BCUT2D eigenvalue weighted by Gasteiger charge is -2.18. The highest BCUT2D eigenvalue weighted by atomic mass is 127. The zero-order valence-corrected chi connectivity index (χ0v) is 16.6. The Morgan fingerprint density at radius 2 is 0.619 bits per heavy atom. The van der Waals surface area contributed by atoms with Crippen molar-refractivity contribution in [2.45, 2.75) is 0 Å². The zero-order chi connectivity index (χ0) is 12.9. The molecule has 0 nitrogen and oxygen atoms in total. The van der Waals surface area contributed by atoms with E-state index in [9.17, 15) is 0 Å². The van der Waals surface area contributed by atoms with Gasteiger partial charge >= 0.3 is 0 Å². The maximum Gasteiger partial charge on any atom is -0.0134 e. The molecule has 0 bridgehead atoms. The van der Waals surface area contributed by atoms with Gasteiger partial charge in [-0.05, 0) is 23.8 Å². The normalized spacial score (nSPS) is 9.57. The predicted octanol–water partition coefficient (Wildman–Crippen LogP) is -2.55. The van der Waals surface area contributed by atoms with Gasteiger partial charge in [-0.25, -0.2) is 0 Å². The second-order valence-electron chi connectivity index (χ2n) is 4.34. The lowest BCUT2D eigenvalue weighted by Crippen LogP contribution is -3.00. The van der Waals surface area contributed by atoms with Gasteiger partial charge in [0, 0.05) is 0 Å². The molecule has 0 fully saturated rings. The van der Waals surface area contributed by atoms with E-state index in [0.29, 0.717) is 0 Å². The maximum atomic E-state index is 2.23. The molecule has 0 saturated carbocycles. The fourth-order valence-corrected chi connectivity index (χ4v) is 4.48. The van der Waals surface area contributed by atoms with Crippen LogP contribution in [0.1, 0.15) is 0 Å². The smallest absolute Gasteiger partial charge is 0.0134 e. The van der Waals surface area contributed by atoms with Crippen molar-refractivity contribution in [3.63, 3.8) is 0 Å². The van der Waals surface area contributed by atoms with E-state index in [1.807, 2.05) is 0 Å². The second-order valence-corrected chi connectivity index (χ2v) is 6.56. The number of rotatable bonds is 3. The van der Waals surface area contributed by atoms with Crippen LogP contribution in [-0.2, 0) is 0 Å². The van der Waals surface area contributed by atoms with Crippen LogP contribution in [0.4, 0.5) is 0 Å². The molecule has 3 rings (SSSR count). The Kier molecular flexibility index (Phi) is 8.45. The minimum atomic E-state index is -0.446. The molecule has 0 aliphatic rings. The van der Waals surface area contributed by atoms with E-state index in [4.69, 9.17) is 0 Å². The van der Waals surface area contributed by atoms with Gasteiger partial charge in [0.05, 0.1) is 0 Å². The van der Waals surface area contributed by atoms with Gasteiger partial charge in [0.25, 0.3) is 0 Å². The molecule has 0 radical (unpaired) electrons. The summed E-state index contributed by atoms with van der Waals surface area (Å²) in [4.78, 5) is 0. The first-order valence-corrected chi connectivity index (χ1v) is 7.74. The molecule has 21 heavy (non-hydrogen) atoms. The standard InChI is InChI=1S/C18H15P.2HI/c1-4-10-16(11-5-1)19(17-12-6-2-7-13-17)18-14-8-3-9-15-18;;/h1-15H;2*1H/p-2. The van der Waals surface area contributed by atoms with Crippen LogP contribution in [-0.4, -0.2) is 0 Å². The van der Waals surface area contributed by atoms with Crippen molar-refractivity contribution in [2.24, 2.45) is 0 Å². The summed E-state index contributed by atoms with van der Waals surface area (Å²) < 4.78 is 0. The second kappa shape index (κ2) is 9.54. The molecule has 3 aromatic rings. The van der Waals surface area contributed by atoms with E-state index in [1.54, 1.807) is 0 Å². The van der Waals surface area contributed by atoms with E-state index in [1.165, 1.54) is 15.9 Å². The summed E-state index contributed by atoms with van der Waals surface area (Å²) in [5, 5.41) is 4.19. The highest BCUT2D eigenvalue weighted by molar-refractivity contribution is 7.79. The molecular formula is C18H15I2P-2. The third kappa shape index (κ3) is 4.76. The Morgan fingerprint density at radius 1 is 0.381 bits per heavy atom. The lowest BCUT2D eigenvalue weighted by molar-refractivity contribution is -0.00100. The summed E-state index contributed by atoms with van der Waals surface area (Å²) >= 11 is 0. The van der Waals surface area contributed by atoms with Crippen molar-refractivity contribution in [1.82, 2.24) is 0 Å². The molecule has 0 N–H and O–H groups in total. The molecule has 3 heteroatoms. The Balaban J connectivity index is 0.00000110. The van der Waals surface area contributed by atoms with Crippen molar-refractivity contribution < 1.29 is 48.0 Å². The van der Waals surface area contributed by atoms with E-state index in [-0.39, 0.29) is 48.0 Å². The molecule has 0 aliphatic carbocycles. The summed E-state index contributed by atoms with van der Waals surface area (Å²) in [6.45, 7) is 0. The molecule has 3 aromatic carbocycles. The van der Waals surface area contributed by atoms with Crippen molar-refractivity contribution >= 4 is 23.8 Å². The van der Waals surface area contributed by atoms with Crippen molar-refractivity contribution in [2.75, 3.05) is 0 Å². The van der Waals surface area contributed by atoms with E-state index >= 15 is 0 Å². The first-order valence-electron chi connectivity index (χ1n) is 6.40. The molecule has 0 aromatic heterocycles. The molecule has 0 atom stereocenters. The maximum absolute atomic E-state index is 2.23. The summed E-state index contributed by atoms with van der Waals surface area (Å²) in [6.07, 6.45) is 0. The van der Waals surface area contributed by atoms with E-state index in [2.05, 4.69) is 91.0 Å². The quantitative estimate of drug-likeness (QED) is 0.266. The summed E-state index contributed by atoms with van der Waals surface area (Å²) in [5.41, 5.74) is 0. The van der Waals surface area contributed by atoms with Crippen LogP contribution in [0, 0.1) is 0 Å². The Morgan fingerprint density at radius 3 is 0.857 bits per heavy atom. The van der Waals surface area contributed by atoms with Crippen LogP contribution in [0.2, 0.25) is 0 Å². The summed E-state index contributed by atoms with van der Waals surface area (Å²) in [7, 11) is -0.446.